The molecule has 0 saturated heterocycles. The monoisotopic (exact) mass is 147 g/mol. The van der Waals surface area contributed by atoms with E-state index in [1.807, 2.05) is 18.2 Å². The van der Waals surface area contributed by atoms with Crippen LogP contribution in [-0.4, -0.2) is 16.2 Å². The first-order valence-electron chi connectivity index (χ1n) is 3.66. The van der Waals surface area contributed by atoms with Crippen molar-refractivity contribution in [2.45, 2.75) is 12.5 Å². The van der Waals surface area contributed by atoms with Crippen molar-refractivity contribution in [1.82, 2.24) is 4.98 Å². The molecule has 1 atom stereocenters. The van der Waals surface area contributed by atoms with Crippen LogP contribution in [0.1, 0.15) is 11.3 Å². The van der Waals surface area contributed by atoms with Crippen LogP contribution in [0.4, 0.5) is 0 Å². The van der Waals surface area contributed by atoms with Crippen molar-refractivity contribution >= 4 is 6.08 Å². The predicted molar refractivity (Wildman–Crippen MR) is 43.0 cm³/mol. The molecule has 0 spiro atoms. The number of aliphatic hydroxyl groups excluding tert-OH is 1. The lowest BCUT2D eigenvalue weighted by molar-refractivity contribution is 0.223. The van der Waals surface area contributed by atoms with E-state index in [4.69, 9.17) is 0 Å². The van der Waals surface area contributed by atoms with Crippen LogP contribution >= 0.6 is 0 Å². The zero-order chi connectivity index (χ0) is 7.68. The van der Waals surface area contributed by atoms with Crippen molar-refractivity contribution in [3.8, 4) is 0 Å². The van der Waals surface area contributed by atoms with E-state index in [2.05, 4.69) is 4.98 Å². The first-order valence-corrected chi connectivity index (χ1v) is 3.66. The summed E-state index contributed by atoms with van der Waals surface area (Å²) >= 11 is 0. The molecule has 0 aliphatic heterocycles. The summed E-state index contributed by atoms with van der Waals surface area (Å²) in [6, 6.07) is 3.89. The third kappa shape index (κ3) is 1.17. The van der Waals surface area contributed by atoms with E-state index in [0.717, 1.165) is 11.3 Å². The van der Waals surface area contributed by atoms with Gasteiger partial charge in [0.2, 0.25) is 0 Å². The van der Waals surface area contributed by atoms with Gasteiger partial charge in [0, 0.05) is 12.6 Å². The molecular weight excluding hydrogens is 138 g/mol. The Morgan fingerprint density at radius 3 is 3.36 bits per heavy atom. The second-order valence-electron chi connectivity index (χ2n) is 2.68. The molecule has 1 N–H and O–H groups in total. The number of aliphatic hydroxyl groups is 1. The van der Waals surface area contributed by atoms with Crippen molar-refractivity contribution in [2.24, 2.45) is 0 Å². The second kappa shape index (κ2) is 2.47. The lowest BCUT2D eigenvalue weighted by atomic mass is 10.0. The smallest absolute Gasteiger partial charge is 0.0765 e. The number of pyridine rings is 1. The summed E-state index contributed by atoms with van der Waals surface area (Å²) in [6.07, 6.45) is 5.77. The quantitative estimate of drug-likeness (QED) is 0.594. The first kappa shape index (κ1) is 6.55. The summed E-state index contributed by atoms with van der Waals surface area (Å²) in [6.45, 7) is 0. The second-order valence-corrected chi connectivity index (χ2v) is 2.68. The van der Waals surface area contributed by atoms with E-state index in [9.17, 15) is 5.11 Å². The highest BCUT2D eigenvalue weighted by Gasteiger charge is 2.10. The Kier molecular flexibility index (Phi) is 1.47. The van der Waals surface area contributed by atoms with Gasteiger partial charge in [-0.3, -0.25) is 4.98 Å². The van der Waals surface area contributed by atoms with Crippen LogP contribution < -0.4 is 0 Å². The molecule has 0 bridgehead atoms. The van der Waals surface area contributed by atoms with Gasteiger partial charge in [-0.15, -0.1) is 0 Å². The van der Waals surface area contributed by atoms with Crippen LogP contribution in [-0.2, 0) is 6.42 Å². The van der Waals surface area contributed by atoms with Crippen LogP contribution in [0.3, 0.4) is 0 Å². The molecular formula is C9H9NO. The third-order valence-corrected chi connectivity index (χ3v) is 1.83. The van der Waals surface area contributed by atoms with E-state index in [1.165, 1.54) is 0 Å². The zero-order valence-corrected chi connectivity index (χ0v) is 6.07. The number of rotatable bonds is 0. The minimum Gasteiger partial charge on any atom is -0.389 e. The Morgan fingerprint density at radius 2 is 2.45 bits per heavy atom. The zero-order valence-electron chi connectivity index (χ0n) is 6.07. The highest BCUT2D eigenvalue weighted by atomic mass is 16.3. The number of fused-ring (bicyclic) bond motifs is 1. The summed E-state index contributed by atoms with van der Waals surface area (Å²) in [5, 5.41) is 9.24. The third-order valence-electron chi connectivity index (χ3n) is 1.83. The summed E-state index contributed by atoms with van der Waals surface area (Å²) < 4.78 is 0. The highest BCUT2D eigenvalue weighted by Crippen LogP contribution is 2.15. The van der Waals surface area contributed by atoms with E-state index in [-0.39, 0.29) is 6.10 Å². The molecule has 1 heterocycles. The molecule has 56 valence electrons. The van der Waals surface area contributed by atoms with Gasteiger partial charge in [0.05, 0.1) is 11.8 Å². The standard InChI is InChI=1S/C9H9NO/c11-8-3-4-9-7(6-8)2-1-5-10-9/h1-5,8,11H,6H2/t8-/m1/s1. The van der Waals surface area contributed by atoms with E-state index in [0.29, 0.717) is 6.42 Å². The molecule has 11 heavy (non-hydrogen) atoms. The Balaban J connectivity index is 2.46. The maximum Gasteiger partial charge on any atom is 0.0765 e. The van der Waals surface area contributed by atoms with Crippen molar-refractivity contribution in [3.05, 3.63) is 35.7 Å². The summed E-state index contributed by atoms with van der Waals surface area (Å²) in [5.41, 5.74) is 2.11. The molecule has 1 aromatic heterocycles. The fourth-order valence-electron chi connectivity index (χ4n) is 1.27. The molecule has 0 radical (unpaired) electrons. The van der Waals surface area contributed by atoms with Gasteiger partial charge in [-0.1, -0.05) is 12.1 Å². The van der Waals surface area contributed by atoms with Gasteiger partial charge in [-0.05, 0) is 17.7 Å². The van der Waals surface area contributed by atoms with Gasteiger partial charge in [0.15, 0.2) is 0 Å². The SMILES string of the molecule is O[C@@H]1C=Cc2ncccc2C1. The van der Waals surface area contributed by atoms with Crippen molar-refractivity contribution < 1.29 is 5.11 Å². The molecule has 0 saturated carbocycles. The summed E-state index contributed by atoms with van der Waals surface area (Å²) in [5.74, 6) is 0. The average molecular weight is 147 g/mol. The Morgan fingerprint density at radius 1 is 1.55 bits per heavy atom. The van der Waals surface area contributed by atoms with Gasteiger partial charge in [0.1, 0.15) is 0 Å². The molecule has 0 fully saturated rings. The highest BCUT2D eigenvalue weighted by molar-refractivity contribution is 5.52. The van der Waals surface area contributed by atoms with Crippen LogP contribution in [0.15, 0.2) is 24.4 Å². The van der Waals surface area contributed by atoms with Crippen LogP contribution in [0.25, 0.3) is 6.08 Å². The van der Waals surface area contributed by atoms with Gasteiger partial charge in [-0.2, -0.15) is 0 Å². The Hall–Kier alpha value is -1.15. The molecule has 0 unspecified atom stereocenters. The molecule has 1 aromatic rings. The number of aromatic nitrogens is 1. The van der Waals surface area contributed by atoms with Crippen LogP contribution in [0.2, 0.25) is 0 Å². The predicted octanol–water partition coefficient (Wildman–Crippen LogP) is 1.01. The van der Waals surface area contributed by atoms with E-state index in [1.54, 1.807) is 12.3 Å². The molecule has 1 aliphatic carbocycles. The Labute approximate surface area is 65.2 Å². The molecule has 1 aliphatic rings. The van der Waals surface area contributed by atoms with Crippen molar-refractivity contribution in [3.63, 3.8) is 0 Å². The van der Waals surface area contributed by atoms with Gasteiger partial charge < -0.3 is 5.11 Å². The van der Waals surface area contributed by atoms with Crippen molar-refractivity contribution in [2.75, 3.05) is 0 Å². The van der Waals surface area contributed by atoms with Gasteiger partial charge >= 0.3 is 0 Å². The summed E-state index contributed by atoms with van der Waals surface area (Å²) in [4.78, 5) is 4.16. The van der Waals surface area contributed by atoms with E-state index < -0.39 is 0 Å². The summed E-state index contributed by atoms with van der Waals surface area (Å²) in [7, 11) is 0. The molecule has 2 heteroatoms. The first-order chi connectivity index (χ1) is 5.36. The average Bonchev–Trinajstić information content (AvgIpc) is 2.04. The molecule has 2 nitrogen and oxygen atoms in total. The number of nitrogens with zero attached hydrogens (tertiary/aromatic N) is 1. The molecule has 0 aromatic carbocycles. The number of hydrogen-bond acceptors (Lipinski definition) is 2. The maximum atomic E-state index is 9.24. The molecule has 2 rings (SSSR count). The number of hydrogen-bond donors (Lipinski definition) is 1. The largest absolute Gasteiger partial charge is 0.389 e. The topological polar surface area (TPSA) is 33.1 Å². The fraction of sp³-hybridized carbons (Fsp3) is 0.222. The van der Waals surface area contributed by atoms with Crippen LogP contribution in [0.5, 0.6) is 0 Å². The lowest BCUT2D eigenvalue weighted by Gasteiger charge is -2.12. The lowest BCUT2D eigenvalue weighted by Crippen LogP contribution is -2.11. The van der Waals surface area contributed by atoms with E-state index >= 15 is 0 Å². The van der Waals surface area contributed by atoms with Crippen molar-refractivity contribution in [1.29, 1.82) is 0 Å². The Bertz CT molecular complexity index is 293. The fourth-order valence-corrected chi connectivity index (χ4v) is 1.27. The minimum absolute atomic E-state index is 0.327. The van der Waals surface area contributed by atoms with Crippen LogP contribution in [0, 0.1) is 0 Å². The van der Waals surface area contributed by atoms with Gasteiger partial charge in [-0.25, -0.2) is 0 Å². The minimum atomic E-state index is -0.327. The maximum absolute atomic E-state index is 9.24. The normalized spacial score (nSPS) is 21.4. The molecule has 0 amide bonds. The van der Waals surface area contributed by atoms with Gasteiger partial charge in [0.25, 0.3) is 0 Å².